The van der Waals surface area contributed by atoms with Crippen LogP contribution in [-0.2, 0) is 9.59 Å². The Morgan fingerprint density at radius 2 is 2.06 bits per heavy atom. The highest BCUT2D eigenvalue weighted by molar-refractivity contribution is 5.81. The number of rotatable bonds is 3. The van der Waals surface area contributed by atoms with Crippen LogP contribution in [0.1, 0.15) is 25.7 Å². The summed E-state index contributed by atoms with van der Waals surface area (Å²) in [6.07, 6.45) is 7.15. The topological polar surface area (TPSA) is 78.4 Å². The second-order valence-electron chi connectivity index (χ2n) is 5.57. The molecule has 5 nitrogen and oxygen atoms in total. The fraction of sp³-hybridized carbons (Fsp3) is 0.692. The first kappa shape index (κ1) is 11.7. The third kappa shape index (κ3) is 2.03. The van der Waals surface area contributed by atoms with Crippen LogP contribution in [0.25, 0.3) is 0 Å². The van der Waals surface area contributed by atoms with E-state index in [1.165, 1.54) is 6.42 Å². The number of hydrogen-bond acceptors (Lipinski definition) is 3. The van der Waals surface area contributed by atoms with Crippen molar-refractivity contribution in [1.29, 1.82) is 0 Å². The minimum Gasteiger partial charge on any atom is -0.481 e. The predicted molar refractivity (Wildman–Crippen MR) is 64.9 cm³/mol. The van der Waals surface area contributed by atoms with E-state index in [4.69, 9.17) is 5.11 Å². The number of carbonyl (C=O) groups is 2. The van der Waals surface area contributed by atoms with Gasteiger partial charge < -0.3 is 15.7 Å². The minimum absolute atomic E-state index is 0.0704. The van der Waals surface area contributed by atoms with E-state index in [2.05, 4.69) is 10.6 Å². The lowest BCUT2D eigenvalue weighted by Crippen LogP contribution is -2.41. The molecule has 2 heterocycles. The van der Waals surface area contributed by atoms with E-state index in [9.17, 15) is 9.59 Å². The molecule has 2 fully saturated rings. The standard InChI is InChI=1S/C13H18N2O3/c16-12(10-6-9-3-4-11(10)14-9)15-8-2-1-7(5-8)13(17)18/h1-2,7-11,14H,3-6H2,(H,15,16)(H,17,18). The molecule has 5 atom stereocenters. The second-order valence-corrected chi connectivity index (χ2v) is 5.57. The van der Waals surface area contributed by atoms with E-state index in [-0.39, 0.29) is 17.9 Å². The Hall–Kier alpha value is -1.36. The summed E-state index contributed by atoms with van der Waals surface area (Å²) in [5.74, 6) is -1.12. The molecule has 3 aliphatic rings. The SMILES string of the molecule is O=C(O)C1C=CC(NC(=O)C2CC3CCC2N3)C1. The highest BCUT2D eigenvalue weighted by atomic mass is 16.4. The van der Waals surface area contributed by atoms with Gasteiger partial charge in [-0.2, -0.15) is 0 Å². The summed E-state index contributed by atoms with van der Waals surface area (Å²) in [4.78, 5) is 23.0. The average molecular weight is 250 g/mol. The van der Waals surface area contributed by atoms with Gasteiger partial charge in [0.2, 0.25) is 5.91 Å². The van der Waals surface area contributed by atoms with E-state index >= 15 is 0 Å². The summed E-state index contributed by atoms with van der Waals surface area (Å²) in [6.45, 7) is 0. The summed E-state index contributed by atoms with van der Waals surface area (Å²) in [5, 5.41) is 15.3. The summed E-state index contributed by atoms with van der Waals surface area (Å²) in [5.41, 5.74) is 0. The Morgan fingerprint density at radius 3 is 2.61 bits per heavy atom. The van der Waals surface area contributed by atoms with Crippen LogP contribution in [0.5, 0.6) is 0 Å². The van der Waals surface area contributed by atoms with Crippen molar-refractivity contribution in [2.75, 3.05) is 0 Å². The third-order valence-corrected chi connectivity index (χ3v) is 4.37. The molecule has 1 aliphatic carbocycles. The Morgan fingerprint density at radius 1 is 1.22 bits per heavy atom. The van der Waals surface area contributed by atoms with Crippen LogP contribution in [0, 0.1) is 11.8 Å². The molecule has 2 bridgehead atoms. The van der Waals surface area contributed by atoms with Gasteiger partial charge in [0.15, 0.2) is 0 Å². The van der Waals surface area contributed by atoms with Crippen LogP contribution in [0.2, 0.25) is 0 Å². The van der Waals surface area contributed by atoms with E-state index in [1.807, 2.05) is 0 Å². The quantitative estimate of drug-likeness (QED) is 0.628. The van der Waals surface area contributed by atoms with Gasteiger partial charge >= 0.3 is 5.97 Å². The zero-order chi connectivity index (χ0) is 12.7. The maximum absolute atomic E-state index is 12.1. The monoisotopic (exact) mass is 250 g/mol. The summed E-state index contributed by atoms with van der Waals surface area (Å²) in [6, 6.07) is 0.727. The molecule has 18 heavy (non-hydrogen) atoms. The van der Waals surface area contributed by atoms with Gasteiger partial charge in [-0.15, -0.1) is 0 Å². The van der Waals surface area contributed by atoms with Crippen LogP contribution in [0.15, 0.2) is 12.2 Å². The van der Waals surface area contributed by atoms with Crippen molar-refractivity contribution in [3.63, 3.8) is 0 Å². The molecule has 5 heteroatoms. The summed E-state index contributed by atoms with van der Waals surface area (Å²) >= 11 is 0. The first-order valence-electron chi connectivity index (χ1n) is 6.61. The van der Waals surface area contributed by atoms with Crippen molar-refractivity contribution in [3.05, 3.63) is 12.2 Å². The van der Waals surface area contributed by atoms with E-state index in [1.54, 1.807) is 12.2 Å². The normalized spacial score (nSPS) is 41.2. The molecule has 0 aromatic carbocycles. The molecule has 0 spiro atoms. The first-order valence-corrected chi connectivity index (χ1v) is 6.61. The smallest absolute Gasteiger partial charge is 0.310 e. The van der Waals surface area contributed by atoms with Gasteiger partial charge in [-0.05, 0) is 25.7 Å². The lowest BCUT2D eigenvalue weighted by molar-refractivity contribution is -0.140. The molecule has 5 unspecified atom stereocenters. The van der Waals surface area contributed by atoms with Crippen LogP contribution >= 0.6 is 0 Å². The fourth-order valence-electron chi connectivity index (χ4n) is 3.39. The lowest BCUT2D eigenvalue weighted by Gasteiger charge is -2.21. The molecule has 2 saturated heterocycles. The molecule has 3 N–H and O–H groups in total. The van der Waals surface area contributed by atoms with Crippen molar-refractivity contribution in [2.45, 2.75) is 43.8 Å². The number of fused-ring (bicyclic) bond motifs is 2. The molecule has 3 rings (SSSR count). The lowest BCUT2D eigenvalue weighted by atomic mass is 9.88. The third-order valence-electron chi connectivity index (χ3n) is 4.37. The summed E-state index contributed by atoms with van der Waals surface area (Å²) in [7, 11) is 0. The highest BCUT2D eigenvalue weighted by Gasteiger charge is 2.43. The molecule has 1 amide bonds. The van der Waals surface area contributed by atoms with Crippen LogP contribution in [0.4, 0.5) is 0 Å². The molecular formula is C13H18N2O3. The zero-order valence-electron chi connectivity index (χ0n) is 10.1. The van der Waals surface area contributed by atoms with Crippen molar-refractivity contribution < 1.29 is 14.7 Å². The Balaban J connectivity index is 1.53. The van der Waals surface area contributed by atoms with Gasteiger partial charge in [0.05, 0.1) is 11.8 Å². The summed E-state index contributed by atoms with van der Waals surface area (Å²) < 4.78 is 0. The largest absolute Gasteiger partial charge is 0.481 e. The number of hydrogen-bond donors (Lipinski definition) is 3. The zero-order valence-corrected chi connectivity index (χ0v) is 10.1. The molecule has 0 radical (unpaired) electrons. The van der Waals surface area contributed by atoms with E-state index < -0.39 is 11.9 Å². The fourth-order valence-corrected chi connectivity index (χ4v) is 3.39. The Kier molecular flexibility index (Phi) is 2.86. The molecule has 2 aliphatic heterocycles. The average Bonchev–Trinajstić information content (AvgIpc) is 3.03. The van der Waals surface area contributed by atoms with E-state index in [0.29, 0.717) is 18.5 Å². The van der Waals surface area contributed by atoms with Crippen molar-refractivity contribution in [3.8, 4) is 0 Å². The molecular weight excluding hydrogens is 232 g/mol. The van der Waals surface area contributed by atoms with Gasteiger partial charge in [0.1, 0.15) is 0 Å². The van der Waals surface area contributed by atoms with Crippen molar-refractivity contribution >= 4 is 11.9 Å². The van der Waals surface area contributed by atoms with Crippen molar-refractivity contribution in [1.82, 2.24) is 10.6 Å². The predicted octanol–water partition coefficient (Wildman–Crippen LogP) is 0.272. The van der Waals surface area contributed by atoms with Crippen LogP contribution < -0.4 is 10.6 Å². The van der Waals surface area contributed by atoms with Gasteiger partial charge in [-0.3, -0.25) is 9.59 Å². The number of carbonyl (C=O) groups excluding carboxylic acids is 1. The Bertz CT molecular complexity index is 407. The van der Waals surface area contributed by atoms with Crippen LogP contribution in [0.3, 0.4) is 0 Å². The number of amides is 1. The minimum atomic E-state index is -0.815. The van der Waals surface area contributed by atoms with Gasteiger partial charge in [-0.1, -0.05) is 12.2 Å². The van der Waals surface area contributed by atoms with Crippen LogP contribution in [-0.4, -0.2) is 35.1 Å². The Labute approximate surface area is 106 Å². The van der Waals surface area contributed by atoms with E-state index in [0.717, 1.165) is 12.8 Å². The molecule has 0 aromatic rings. The number of carboxylic acid groups (broad SMARTS) is 1. The maximum atomic E-state index is 12.1. The van der Waals surface area contributed by atoms with Gasteiger partial charge in [0, 0.05) is 18.1 Å². The number of aliphatic carboxylic acids is 1. The van der Waals surface area contributed by atoms with Gasteiger partial charge in [0.25, 0.3) is 0 Å². The maximum Gasteiger partial charge on any atom is 0.310 e. The first-order chi connectivity index (χ1) is 8.63. The second kappa shape index (κ2) is 4.39. The van der Waals surface area contributed by atoms with Crippen molar-refractivity contribution in [2.24, 2.45) is 11.8 Å². The molecule has 98 valence electrons. The number of nitrogens with one attached hydrogen (secondary N) is 2. The molecule has 0 saturated carbocycles. The molecule has 0 aromatic heterocycles. The van der Waals surface area contributed by atoms with Gasteiger partial charge in [-0.25, -0.2) is 0 Å². The number of carboxylic acids is 1. The highest BCUT2D eigenvalue weighted by Crippen LogP contribution is 2.33.